The Balaban J connectivity index is 1.45. The third kappa shape index (κ3) is 5.20. The van der Waals surface area contributed by atoms with Crippen molar-refractivity contribution in [3.05, 3.63) is 65.0 Å². The van der Waals surface area contributed by atoms with Gasteiger partial charge < -0.3 is 24.3 Å². The number of rotatable bonds is 6. The lowest BCUT2D eigenvalue weighted by molar-refractivity contribution is 0.0784. The first-order chi connectivity index (χ1) is 18.2. The van der Waals surface area contributed by atoms with Gasteiger partial charge in [0, 0.05) is 42.3 Å². The average molecular weight is 522 g/mol. The number of ketones is 1. The van der Waals surface area contributed by atoms with Crippen LogP contribution in [0.2, 0.25) is 0 Å². The number of carbonyl (C=O) groups is 2. The van der Waals surface area contributed by atoms with Crippen LogP contribution in [0.3, 0.4) is 0 Å². The van der Waals surface area contributed by atoms with Gasteiger partial charge in [0.25, 0.3) is 0 Å². The second-order valence-corrected chi connectivity index (χ2v) is 10.4. The maximum atomic E-state index is 13.8. The first-order valence-electron chi connectivity index (χ1n) is 12.9. The number of carboxylic acid groups (broad SMARTS) is 1. The number of carbonyl (C=O) groups excluding carboxylic acids is 1. The second-order valence-electron chi connectivity index (χ2n) is 10.4. The Morgan fingerprint density at radius 3 is 2.58 bits per heavy atom. The van der Waals surface area contributed by atoms with E-state index in [1.54, 1.807) is 35.4 Å². The first kappa shape index (κ1) is 25.7. The summed E-state index contributed by atoms with van der Waals surface area (Å²) in [5, 5.41) is 19.8. The van der Waals surface area contributed by atoms with Gasteiger partial charge in [-0.05, 0) is 74.8 Å². The number of amides is 1. The second kappa shape index (κ2) is 10.4. The van der Waals surface area contributed by atoms with Crippen molar-refractivity contribution in [3.63, 3.8) is 0 Å². The number of halogens is 1. The molecule has 0 spiro atoms. The molecular formula is C28H32FN5O4. The SMILES string of the molecule is Cc1nc(F)ccc1-c1cc(Cn2ccn(C)c2=N)cc2c1OC[C@@H](CC1CCC(NC(=O)O)CC1)C2=O. The summed E-state index contributed by atoms with van der Waals surface area (Å²) in [4.78, 5) is 28.7. The van der Waals surface area contributed by atoms with Crippen LogP contribution in [-0.2, 0) is 13.6 Å². The van der Waals surface area contributed by atoms with Crippen molar-refractivity contribution < 1.29 is 23.8 Å². The number of hydrogen-bond donors (Lipinski definition) is 3. The van der Waals surface area contributed by atoms with Gasteiger partial charge in [0.05, 0.1) is 24.6 Å². The highest BCUT2D eigenvalue weighted by Crippen LogP contribution is 2.41. The predicted octanol–water partition coefficient (Wildman–Crippen LogP) is 4.27. The highest BCUT2D eigenvalue weighted by atomic mass is 19.1. The van der Waals surface area contributed by atoms with E-state index in [9.17, 15) is 14.0 Å². The van der Waals surface area contributed by atoms with E-state index in [2.05, 4.69) is 10.3 Å². The maximum absolute atomic E-state index is 13.8. The average Bonchev–Trinajstić information content (AvgIpc) is 3.18. The van der Waals surface area contributed by atoms with Crippen LogP contribution in [0.5, 0.6) is 5.75 Å². The van der Waals surface area contributed by atoms with Crippen LogP contribution in [-0.4, -0.2) is 43.7 Å². The summed E-state index contributed by atoms with van der Waals surface area (Å²) in [6, 6.07) is 6.72. The molecule has 9 nitrogen and oxygen atoms in total. The molecule has 1 aliphatic carbocycles. The monoisotopic (exact) mass is 521 g/mol. The topological polar surface area (TPSA) is 122 Å². The van der Waals surface area contributed by atoms with E-state index in [0.29, 0.717) is 52.6 Å². The minimum atomic E-state index is -0.995. The highest BCUT2D eigenvalue weighted by Gasteiger charge is 2.34. The third-order valence-corrected chi connectivity index (χ3v) is 7.78. The molecule has 0 radical (unpaired) electrons. The largest absolute Gasteiger partial charge is 0.491 e. The highest BCUT2D eigenvalue weighted by molar-refractivity contribution is 6.03. The molecule has 3 aromatic rings. The molecule has 1 saturated carbocycles. The van der Waals surface area contributed by atoms with Crippen LogP contribution < -0.4 is 15.7 Å². The molecule has 1 atom stereocenters. The van der Waals surface area contributed by atoms with Crippen molar-refractivity contribution in [2.75, 3.05) is 6.61 Å². The van der Waals surface area contributed by atoms with E-state index in [-0.39, 0.29) is 24.3 Å². The first-order valence-corrected chi connectivity index (χ1v) is 12.9. The van der Waals surface area contributed by atoms with Gasteiger partial charge in [0.2, 0.25) is 11.6 Å². The van der Waals surface area contributed by atoms with Crippen molar-refractivity contribution in [1.29, 1.82) is 5.41 Å². The van der Waals surface area contributed by atoms with Crippen LogP contribution in [0, 0.1) is 30.1 Å². The summed E-state index contributed by atoms with van der Waals surface area (Å²) in [7, 11) is 1.80. The van der Waals surface area contributed by atoms with E-state index in [4.69, 9.17) is 15.3 Å². The van der Waals surface area contributed by atoms with Crippen molar-refractivity contribution >= 4 is 11.9 Å². The van der Waals surface area contributed by atoms with Crippen LogP contribution in [0.25, 0.3) is 11.1 Å². The molecule has 1 amide bonds. The van der Waals surface area contributed by atoms with Crippen LogP contribution in [0.1, 0.15) is 53.7 Å². The number of ether oxygens (including phenoxy) is 1. The molecule has 3 heterocycles. The molecule has 3 N–H and O–H groups in total. The Hall–Kier alpha value is -3.95. The molecule has 0 unspecified atom stereocenters. The molecule has 2 aromatic heterocycles. The van der Waals surface area contributed by atoms with Crippen molar-refractivity contribution in [1.82, 2.24) is 19.4 Å². The smallest absolute Gasteiger partial charge is 0.404 e. The summed E-state index contributed by atoms with van der Waals surface area (Å²) < 4.78 is 23.5. The normalized spacial score (nSPS) is 21.0. The standard InChI is InChI=1S/C28H32FN5O4/c1-16-21(7-8-24(29)31-16)22-12-18(14-34-10-9-33(2)27(34)30)13-23-25(35)19(15-38-26(22)23)11-17-3-5-20(6-4-17)32-28(36)37/h7-10,12-13,17,19-20,30,32H,3-6,11,14-15H2,1-2H3,(H,36,37)/t17?,19-,20?/m1/s1. The lowest BCUT2D eigenvalue weighted by Gasteiger charge is -2.32. The van der Waals surface area contributed by atoms with Gasteiger partial charge in [0.15, 0.2) is 5.78 Å². The minimum absolute atomic E-state index is 0.0250. The Labute approximate surface area is 219 Å². The number of Topliss-reactive ketones (excluding diaryl/α,β-unsaturated/α-hetero) is 1. The molecule has 1 aliphatic heterocycles. The lowest BCUT2D eigenvalue weighted by Crippen LogP contribution is -2.37. The molecule has 0 bridgehead atoms. The van der Waals surface area contributed by atoms with E-state index in [1.807, 2.05) is 18.3 Å². The summed E-state index contributed by atoms with van der Waals surface area (Å²) >= 11 is 0. The zero-order chi connectivity index (χ0) is 27.0. The van der Waals surface area contributed by atoms with E-state index < -0.39 is 12.0 Å². The molecule has 200 valence electrons. The molecular weight excluding hydrogens is 489 g/mol. The summed E-state index contributed by atoms with van der Waals surface area (Å²) in [6.07, 6.45) is 6.59. The molecule has 1 aromatic carbocycles. The molecule has 5 rings (SSSR count). The number of benzene rings is 1. The molecule has 2 aliphatic rings. The van der Waals surface area contributed by atoms with Crippen LogP contribution >= 0.6 is 0 Å². The number of fused-ring (bicyclic) bond motifs is 1. The van der Waals surface area contributed by atoms with E-state index in [0.717, 1.165) is 31.2 Å². The number of nitrogens with zero attached hydrogens (tertiary/aromatic N) is 3. The number of nitrogens with one attached hydrogen (secondary N) is 2. The Kier molecular flexibility index (Phi) is 7.05. The number of aromatic nitrogens is 3. The molecule has 1 fully saturated rings. The van der Waals surface area contributed by atoms with Crippen molar-refractivity contribution in [3.8, 4) is 16.9 Å². The van der Waals surface area contributed by atoms with Crippen LogP contribution in [0.15, 0.2) is 36.7 Å². The van der Waals surface area contributed by atoms with Gasteiger partial charge >= 0.3 is 6.09 Å². The van der Waals surface area contributed by atoms with E-state index in [1.165, 1.54) is 6.07 Å². The van der Waals surface area contributed by atoms with Gasteiger partial charge in [-0.25, -0.2) is 9.78 Å². The van der Waals surface area contributed by atoms with Gasteiger partial charge in [-0.1, -0.05) is 0 Å². The molecule has 10 heteroatoms. The van der Waals surface area contributed by atoms with Crippen molar-refractivity contribution in [2.45, 2.75) is 51.6 Å². The van der Waals surface area contributed by atoms with Gasteiger partial charge in [-0.3, -0.25) is 10.2 Å². The fraction of sp³-hybridized carbons (Fsp3) is 0.429. The fourth-order valence-corrected chi connectivity index (χ4v) is 5.76. The third-order valence-electron chi connectivity index (χ3n) is 7.78. The van der Waals surface area contributed by atoms with Gasteiger partial charge in [-0.15, -0.1) is 0 Å². The summed E-state index contributed by atoms with van der Waals surface area (Å²) in [6.45, 7) is 2.39. The minimum Gasteiger partial charge on any atom is -0.491 e. The molecule has 38 heavy (non-hydrogen) atoms. The fourth-order valence-electron chi connectivity index (χ4n) is 5.76. The Morgan fingerprint density at radius 2 is 1.92 bits per heavy atom. The molecule has 0 saturated heterocycles. The zero-order valence-corrected chi connectivity index (χ0v) is 21.5. The number of imidazole rings is 1. The summed E-state index contributed by atoms with van der Waals surface area (Å²) in [5.74, 6) is -0.0108. The van der Waals surface area contributed by atoms with Crippen molar-refractivity contribution in [2.24, 2.45) is 18.9 Å². The zero-order valence-electron chi connectivity index (χ0n) is 21.5. The van der Waals surface area contributed by atoms with Gasteiger partial charge in [0.1, 0.15) is 5.75 Å². The number of hydrogen-bond acceptors (Lipinski definition) is 5. The van der Waals surface area contributed by atoms with Gasteiger partial charge in [-0.2, -0.15) is 4.39 Å². The predicted molar refractivity (Wildman–Crippen MR) is 138 cm³/mol. The van der Waals surface area contributed by atoms with E-state index >= 15 is 0 Å². The maximum Gasteiger partial charge on any atom is 0.404 e. The number of pyridine rings is 1. The lowest BCUT2D eigenvalue weighted by atomic mass is 9.78. The quantitative estimate of drug-likeness (QED) is 0.418. The Morgan fingerprint density at radius 1 is 1.18 bits per heavy atom. The summed E-state index contributed by atoms with van der Waals surface area (Å²) in [5.41, 5.74) is 3.56. The Bertz CT molecular complexity index is 1440. The number of aryl methyl sites for hydroxylation is 2. The van der Waals surface area contributed by atoms with Crippen LogP contribution in [0.4, 0.5) is 9.18 Å².